The Hall–Kier alpha value is -3.01. The highest BCUT2D eigenvalue weighted by molar-refractivity contribution is 5.94. The summed E-state index contributed by atoms with van der Waals surface area (Å²) in [4.78, 5) is 24.0. The number of nitrogens with one attached hydrogen (secondary N) is 1. The van der Waals surface area contributed by atoms with E-state index in [2.05, 4.69) is 11.4 Å². The van der Waals surface area contributed by atoms with Gasteiger partial charge in [0.05, 0.1) is 24.3 Å². The summed E-state index contributed by atoms with van der Waals surface area (Å²) in [6.07, 6.45) is 4.24. The van der Waals surface area contributed by atoms with E-state index in [-0.39, 0.29) is 18.5 Å². The van der Waals surface area contributed by atoms with Crippen molar-refractivity contribution in [3.8, 4) is 6.07 Å². The minimum absolute atomic E-state index is 0.0789. The lowest BCUT2D eigenvalue weighted by molar-refractivity contribution is -0.154. The molecule has 1 aliphatic rings. The van der Waals surface area contributed by atoms with Gasteiger partial charge in [-0.05, 0) is 44.4 Å². The second-order valence-electron chi connectivity index (χ2n) is 6.50. The molecular weight excluding hydrogens is 334 g/mol. The molecule has 7 heteroatoms. The molecule has 0 spiro atoms. The third kappa shape index (κ3) is 3.49. The first-order valence-corrected chi connectivity index (χ1v) is 8.60. The number of anilines is 1. The normalized spacial score (nSPS) is 13.7. The van der Waals surface area contributed by atoms with E-state index in [0.29, 0.717) is 23.7 Å². The summed E-state index contributed by atoms with van der Waals surface area (Å²) in [5, 5.41) is 12.2. The maximum absolute atomic E-state index is 12.3. The standard InChI is InChI=1S/C19H21N3O4/c1-12-13(2)22(10-15-7-4-8-25-15)18(16(12)9-20)21-17(23)11-26-19(24)14-5-3-6-14/h4,7-8,14H,3,5-6,10-11H2,1-2H3,(H,21,23). The van der Waals surface area contributed by atoms with Gasteiger partial charge in [0.25, 0.3) is 5.91 Å². The lowest BCUT2D eigenvalue weighted by Gasteiger charge is -2.22. The Morgan fingerprint density at radius 1 is 1.42 bits per heavy atom. The third-order valence-corrected chi connectivity index (χ3v) is 4.88. The number of carbonyl (C=O) groups excluding carboxylic acids is 2. The number of hydrogen-bond acceptors (Lipinski definition) is 5. The molecule has 2 aromatic rings. The predicted octanol–water partition coefficient (Wildman–Crippen LogP) is 2.90. The fourth-order valence-electron chi connectivity index (χ4n) is 2.95. The van der Waals surface area contributed by atoms with E-state index < -0.39 is 5.91 Å². The maximum Gasteiger partial charge on any atom is 0.309 e. The van der Waals surface area contributed by atoms with Crippen molar-refractivity contribution in [2.75, 3.05) is 11.9 Å². The molecule has 26 heavy (non-hydrogen) atoms. The zero-order valence-electron chi connectivity index (χ0n) is 14.9. The number of carbonyl (C=O) groups is 2. The van der Waals surface area contributed by atoms with Gasteiger partial charge in [-0.2, -0.15) is 5.26 Å². The molecule has 136 valence electrons. The molecule has 1 N–H and O–H groups in total. The number of nitrogens with zero attached hydrogens (tertiary/aromatic N) is 2. The van der Waals surface area contributed by atoms with E-state index in [1.807, 2.05) is 24.5 Å². The zero-order chi connectivity index (χ0) is 18.7. The highest BCUT2D eigenvalue weighted by Gasteiger charge is 2.27. The molecule has 1 saturated carbocycles. The van der Waals surface area contributed by atoms with Crippen LogP contribution in [0.4, 0.5) is 5.82 Å². The van der Waals surface area contributed by atoms with Crippen LogP contribution >= 0.6 is 0 Å². The third-order valence-electron chi connectivity index (χ3n) is 4.88. The van der Waals surface area contributed by atoms with Crippen molar-refractivity contribution in [3.05, 3.63) is 41.0 Å². The van der Waals surface area contributed by atoms with Crippen LogP contribution in [0.1, 0.15) is 41.8 Å². The molecule has 2 aromatic heterocycles. The van der Waals surface area contributed by atoms with Crippen molar-refractivity contribution in [1.82, 2.24) is 4.57 Å². The van der Waals surface area contributed by atoms with E-state index in [4.69, 9.17) is 9.15 Å². The van der Waals surface area contributed by atoms with Crippen LogP contribution < -0.4 is 5.32 Å². The van der Waals surface area contributed by atoms with Crippen LogP contribution in [0.5, 0.6) is 0 Å². The minimum Gasteiger partial charge on any atom is -0.467 e. The Balaban J connectivity index is 1.74. The average Bonchev–Trinajstić information content (AvgIpc) is 3.15. The Labute approximate surface area is 151 Å². The Kier molecular flexibility index (Phi) is 5.12. The van der Waals surface area contributed by atoms with Gasteiger partial charge in [-0.3, -0.25) is 9.59 Å². The van der Waals surface area contributed by atoms with Gasteiger partial charge in [-0.1, -0.05) is 6.42 Å². The summed E-state index contributed by atoms with van der Waals surface area (Å²) in [7, 11) is 0. The van der Waals surface area contributed by atoms with Crippen molar-refractivity contribution in [3.63, 3.8) is 0 Å². The molecule has 1 fully saturated rings. The smallest absolute Gasteiger partial charge is 0.309 e. The van der Waals surface area contributed by atoms with E-state index >= 15 is 0 Å². The van der Waals surface area contributed by atoms with E-state index in [9.17, 15) is 14.9 Å². The Morgan fingerprint density at radius 3 is 2.77 bits per heavy atom. The number of hydrogen-bond donors (Lipinski definition) is 1. The van der Waals surface area contributed by atoms with Crippen molar-refractivity contribution in [2.45, 2.75) is 39.7 Å². The number of amides is 1. The molecule has 3 rings (SSSR count). The summed E-state index contributed by atoms with van der Waals surface area (Å²) in [6.45, 7) is 3.74. The van der Waals surface area contributed by atoms with Crippen LogP contribution in [-0.2, 0) is 20.9 Å². The molecule has 0 atom stereocenters. The second kappa shape index (κ2) is 7.48. The molecule has 7 nitrogen and oxygen atoms in total. The lowest BCUT2D eigenvalue weighted by atomic mass is 9.86. The summed E-state index contributed by atoms with van der Waals surface area (Å²) in [5.74, 6) is 0.227. The molecule has 0 aliphatic heterocycles. The van der Waals surface area contributed by atoms with Gasteiger partial charge in [0.15, 0.2) is 6.61 Å². The minimum atomic E-state index is -0.465. The number of nitriles is 1. The number of rotatable bonds is 6. The van der Waals surface area contributed by atoms with E-state index in [0.717, 1.165) is 30.5 Å². The highest BCUT2D eigenvalue weighted by Crippen LogP contribution is 2.28. The number of ether oxygens (including phenoxy) is 1. The highest BCUT2D eigenvalue weighted by atomic mass is 16.5. The van der Waals surface area contributed by atoms with Gasteiger partial charge in [-0.25, -0.2) is 0 Å². The predicted molar refractivity (Wildman–Crippen MR) is 93.4 cm³/mol. The van der Waals surface area contributed by atoms with E-state index in [1.54, 1.807) is 12.3 Å². The van der Waals surface area contributed by atoms with Crippen LogP contribution in [0.15, 0.2) is 22.8 Å². The second-order valence-corrected chi connectivity index (χ2v) is 6.50. The number of esters is 1. The van der Waals surface area contributed by atoms with Gasteiger partial charge < -0.3 is 19.0 Å². The molecule has 1 aliphatic carbocycles. The molecule has 0 aromatic carbocycles. The first-order chi connectivity index (χ1) is 12.5. The van der Waals surface area contributed by atoms with Crippen LogP contribution in [0.2, 0.25) is 0 Å². The number of aromatic nitrogens is 1. The molecule has 1 amide bonds. The number of furan rings is 1. The fraction of sp³-hybridized carbons (Fsp3) is 0.421. The summed E-state index contributed by atoms with van der Waals surface area (Å²) in [6, 6.07) is 5.75. The molecule has 0 unspecified atom stereocenters. The van der Waals surface area contributed by atoms with Gasteiger partial charge in [-0.15, -0.1) is 0 Å². The van der Waals surface area contributed by atoms with Crippen LogP contribution in [0, 0.1) is 31.1 Å². The monoisotopic (exact) mass is 355 g/mol. The molecule has 0 saturated heterocycles. The zero-order valence-corrected chi connectivity index (χ0v) is 14.9. The molecule has 2 heterocycles. The van der Waals surface area contributed by atoms with Gasteiger partial charge in [0.2, 0.25) is 0 Å². The SMILES string of the molecule is Cc1c(C#N)c(NC(=O)COC(=O)C2CCC2)n(Cc2ccco2)c1C. The van der Waals surface area contributed by atoms with Crippen LogP contribution in [-0.4, -0.2) is 23.1 Å². The molecule has 0 radical (unpaired) electrons. The summed E-state index contributed by atoms with van der Waals surface area (Å²) < 4.78 is 12.3. The largest absolute Gasteiger partial charge is 0.467 e. The van der Waals surface area contributed by atoms with Crippen LogP contribution in [0.3, 0.4) is 0 Å². The average molecular weight is 355 g/mol. The first-order valence-electron chi connectivity index (χ1n) is 8.60. The fourth-order valence-corrected chi connectivity index (χ4v) is 2.95. The Bertz CT molecular complexity index is 854. The first kappa shape index (κ1) is 17.8. The maximum atomic E-state index is 12.3. The summed E-state index contributed by atoms with van der Waals surface area (Å²) in [5.41, 5.74) is 2.05. The van der Waals surface area contributed by atoms with Gasteiger partial charge in [0, 0.05) is 5.69 Å². The van der Waals surface area contributed by atoms with Gasteiger partial charge in [0.1, 0.15) is 17.6 Å². The Morgan fingerprint density at radius 2 is 2.19 bits per heavy atom. The van der Waals surface area contributed by atoms with Gasteiger partial charge >= 0.3 is 5.97 Å². The van der Waals surface area contributed by atoms with Crippen molar-refractivity contribution in [2.24, 2.45) is 5.92 Å². The molecule has 0 bridgehead atoms. The van der Waals surface area contributed by atoms with E-state index in [1.165, 1.54) is 0 Å². The summed E-state index contributed by atoms with van der Waals surface area (Å²) >= 11 is 0. The lowest BCUT2D eigenvalue weighted by Crippen LogP contribution is -2.28. The topological polar surface area (TPSA) is 97.3 Å². The quantitative estimate of drug-likeness (QED) is 0.804. The van der Waals surface area contributed by atoms with Crippen molar-refractivity contribution in [1.29, 1.82) is 5.26 Å². The van der Waals surface area contributed by atoms with Crippen molar-refractivity contribution >= 4 is 17.7 Å². The van der Waals surface area contributed by atoms with Crippen molar-refractivity contribution < 1.29 is 18.7 Å². The van der Waals surface area contributed by atoms with Crippen LogP contribution in [0.25, 0.3) is 0 Å². The molecular formula is C19H21N3O4.